The number of nitrogens with zero attached hydrogens (tertiary/aromatic N) is 3. The molecular formula is C22H16BrFN4OS2. The van der Waals surface area contributed by atoms with Crippen molar-refractivity contribution in [2.45, 2.75) is 11.9 Å². The molecule has 0 aliphatic rings. The largest absolute Gasteiger partial charge is 0.325 e. The van der Waals surface area contributed by atoms with Crippen LogP contribution in [0, 0.1) is 12.7 Å². The Bertz CT molecular complexity index is 1200. The third-order valence-corrected chi connectivity index (χ3v) is 6.92. The molecule has 156 valence electrons. The number of thioether (sulfide) groups is 1. The molecule has 1 N–H and O–H groups in total. The molecular weight excluding hydrogens is 499 g/mol. The molecule has 0 aliphatic carbocycles. The number of hydrogen-bond acceptors (Lipinski definition) is 6. The summed E-state index contributed by atoms with van der Waals surface area (Å²) in [5.41, 5.74) is 3.16. The number of anilines is 1. The third kappa shape index (κ3) is 5.55. The van der Waals surface area contributed by atoms with Crippen LogP contribution in [0.4, 0.5) is 10.1 Å². The number of amides is 1. The molecule has 4 rings (SSSR count). The van der Waals surface area contributed by atoms with Gasteiger partial charge in [-0.2, -0.15) is 0 Å². The number of aromatic nitrogens is 3. The van der Waals surface area contributed by atoms with Crippen molar-refractivity contribution in [2.75, 3.05) is 11.1 Å². The highest BCUT2D eigenvalue weighted by atomic mass is 79.9. The topological polar surface area (TPSA) is 67.8 Å². The number of halogens is 2. The quantitative estimate of drug-likeness (QED) is 0.310. The van der Waals surface area contributed by atoms with Crippen LogP contribution in [0.1, 0.15) is 5.69 Å². The van der Waals surface area contributed by atoms with E-state index in [0.717, 1.165) is 31.3 Å². The van der Waals surface area contributed by atoms with E-state index < -0.39 is 0 Å². The maximum atomic E-state index is 13.2. The van der Waals surface area contributed by atoms with E-state index in [0.29, 0.717) is 10.7 Å². The van der Waals surface area contributed by atoms with Crippen LogP contribution in [0.2, 0.25) is 0 Å². The Morgan fingerprint density at radius 1 is 1.06 bits per heavy atom. The van der Waals surface area contributed by atoms with E-state index in [4.69, 9.17) is 0 Å². The van der Waals surface area contributed by atoms with Gasteiger partial charge in [-0.1, -0.05) is 27.7 Å². The molecule has 5 nitrogen and oxygen atoms in total. The lowest BCUT2D eigenvalue weighted by molar-refractivity contribution is -0.113. The number of carbonyl (C=O) groups excluding carboxylic acids is 1. The molecule has 0 bridgehead atoms. The fourth-order valence-electron chi connectivity index (χ4n) is 2.74. The summed E-state index contributed by atoms with van der Waals surface area (Å²) < 4.78 is 14.1. The van der Waals surface area contributed by atoms with Crippen molar-refractivity contribution in [2.24, 2.45) is 0 Å². The second-order valence-electron chi connectivity index (χ2n) is 6.54. The zero-order chi connectivity index (χ0) is 21.8. The highest BCUT2D eigenvalue weighted by Crippen LogP contribution is 2.34. The molecule has 0 fully saturated rings. The molecule has 2 aromatic heterocycles. The Balaban J connectivity index is 1.39. The van der Waals surface area contributed by atoms with E-state index in [1.165, 1.54) is 35.2 Å². The lowest BCUT2D eigenvalue weighted by Crippen LogP contribution is -2.14. The van der Waals surface area contributed by atoms with Crippen molar-refractivity contribution in [1.82, 2.24) is 15.2 Å². The lowest BCUT2D eigenvalue weighted by Gasteiger charge is -2.05. The van der Waals surface area contributed by atoms with Gasteiger partial charge < -0.3 is 5.32 Å². The summed E-state index contributed by atoms with van der Waals surface area (Å²) in [6.07, 6.45) is 0. The van der Waals surface area contributed by atoms with E-state index in [1.807, 2.05) is 43.3 Å². The van der Waals surface area contributed by atoms with Gasteiger partial charge in [-0.3, -0.25) is 4.79 Å². The minimum Gasteiger partial charge on any atom is -0.325 e. The molecule has 0 atom stereocenters. The third-order valence-electron chi connectivity index (χ3n) is 4.24. The smallest absolute Gasteiger partial charge is 0.234 e. The predicted molar refractivity (Wildman–Crippen MR) is 127 cm³/mol. The summed E-state index contributed by atoms with van der Waals surface area (Å²) in [6, 6.07) is 17.4. The van der Waals surface area contributed by atoms with Crippen molar-refractivity contribution < 1.29 is 9.18 Å². The molecule has 9 heteroatoms. The molecule has 1 amide bonds. The fourth-order valence-corrected chi connectivity index (χ4v) is 4.65. The van der Waals surface area contributed by atoms with Gasteiger partial charge in [0.15, 0.2) is 0 Å². The highest BCUT2D eigenvalue weighted by Gasteiger charge is 2.13. The minimum absolute atomic E-state index is 0.111. The highest BCUT2D eigenvalue weighted by molar-refractivity contribution is 9.10. The van der Waals surface area contributed by atoms with E-state index in [-0.39, 0.29) is 17.5 Å². The minimum atomic E-state index is -0.276. The zero-order valence-electron chi connectivity index (χ0n) is 16.3. The molecule has 2 heterocycles. The van der Waals surface area contributed by atoms with Crippen molar-refractivity contribution >= 4 is 50.6 Å². The van der Waals surface area contributed by atoms with Gasteiger partial charge >= 0.3 is 0 Å². The van der Waals surface area contributed by atoms with Crippen LogP contribution in [0.5, 0.6) is 0 Å². The van der Waals surface area contributed by atoms with Gasteiger partial charge in [0, 0.05) is 15.7 Å². The van der Waals surface area contributed by atoms with Crippen molar-refractivity contribution in [1.29, 1.82) is 0 Å². The van der Waals surface area contributed by atoms with Gasteiger partial charge in [-0.05, 0) is 67.6 Å². The first-order valence-electron chi connectivity index (χ1n) is 9.23. The fraction of sp³-hybridized carbons (Fsp3) is 0.0909. The first kappa shape index (κ1) is 21.6. The van der Waals surface area contributed by atoms with Gasteiger partial charge in [0.2, 0.25) is 5.91 Å². The number of nitrogens with one attached hydrogen (secondary N) is 1. The molecule has 2 aromatic carbocycles. The predicted octanol–water partition coefficient (Wildman–Crippen LogP) is 6.21. The first-order chi connectivity index (χ1) is 15.0. The maximum absolute atomic E-state index is 13.2. The molecule has 0 saturated heterocycles. The molecule has 31 heavy (non-hydrogen) atoms. The Kier molecular flexibility index (Phi) is 6.74. The Labute approximate surface area is 195 Å². The van der Waals surface area contributed by atoms with Crippen LogP contribution in [-0.2, 0) is 4.79 Å². The van der Waals surface area contributed by atoms with E-state index in [9.17, 15) is 9.18 Å². The molecule has 0 spiro atoms. The van der Waals surface area contributed by atoms with Crippen molar-refractivity contribution in [3.8, 4) is 21.1 Å². The first-order valence-corrected chi connectivity index (χ1v) is 11.8. The molecule has 4 aromatic rings. The Morgan fingerprint density at radius 2 is 1.81 bits per heavy atom. The average molecular weight is 515 g/mol. The van der Waals surface area contributed by atoms with Crippen LogP contribution in [-0.4, -0.2) is 26.8 Å². The second kappa shape index (κ2) is 9.67. The van der Waals surface area contributed by atoms with Crippen molar-refractivity contribution in [3.05, 3.63) is 76.6 Å². The molecule has 0 unspecified atom stereocenters. The lowest BCUT2D eigenvalue weighted by atomic mass is 10.2. The van der Waals surface area contributed by atoms with Gasteiger partial charge in [0.05, 0.1) is 16.3 Å². The number of hydrogen-bond donors (Lipinski definition) is 1. The Morgan fingerprint density at radius 3 is 2.48 bits per heavy atom. The molecule has 0 saturated carbocycles. The summed E-state index contributed by atoms with van der Waals surface area (Å²) in [4.78, 5) is 17.6. The summed E-state index contributed by atoms with van der Waals surface area (Å²) >= 11 is 6.17. The van der Waals surface area contributed by atoms with Crippen LogP contribution in [0.15, 0.2) is 70.2 Å². The van der Waals surface area contributed by atoms with Crippen LogP contribution in [0.25, 0.3) is 21.1 Å². The van der Waals surface area contributed by atoms with E-state index in [1.54, 1.807) is 12.1 Å². The van der Waals surface area contributed by atoms with Gasteiger partial charge in [-0.15, -0.1) is 21.5 Å². The van der Waals surface area contributed by atoms with Gasteiger partial charge in [-0.25, -0.2) is 9.37 Å². The van der Waals surface area contributed by atoms with Crippen LogP contribution < -0.4 is 5.32 Å². The molecule has 0 aliphatic heterocycles. The number of carbonyl (C=O) groups is 1. The van der Waals surface area contributed by atoms with Gasteiger partial charge in [0.1, 0.15) is 21.5 Å². The summed E-state index contributed by atoms with van der Waals surface area (Å²) in [5, 5.41) is 12.9. The molecule has 0 radical (unpaired) electrons. The SMILES string of the molecule is Cc1nc(-c2ccc(F)cc2)sc1-c1ccc(SCC(=O)Nc2ccc(Br)cc2)nn1. The standard InChI is InChI=1S/C22H16BrFN4OS2/c1-13-21(31-22(25-13)14-2-6-16(24)7-3-14)18-10-11-20(28-27-18)30-12-19(29)26-17-8-4-15(23)5-9-17/h2-11H,12H2,1H3,(H,26,29). The Hall–Kier alpha value is -2.62. The number of rotatable bonds is 6. The van der Waals surface area contributed by atoms with Crippen molar-refractivity contribution in [3.63, 3.8) is 0 Å². The summed E-state index contributed by atoms with van der Waals surface area (Å²) in [7, 11) is 0. The average Bonchev–Trinajstić information content (AvgIpc) is 3.16. The summed E-state index contributed by atoms with van der Waals surface area (Å²) in [6.45, 7) is 1.91. The summed E-state index contributed by atoms with van der Waals surface area (Å²) in [5.74, 6) is -0.152. The zero-order valence-corrected chi connectivity index (χ0v) is 19.5. The number of benzene rings is 2. The second-order valence-corrected chi connectivity index (χ2v) is 9.45. The van der Waals surface area contributed by atoms with E-state index in [2.05, 4.69) is 36.4 Å². The normalized spacial score (nSPS) is 10.8. The van der Waals surface area contributed by atoms with Gasteiger partial charge in [0.25, 0.3) is 0 Å². The number of thiazole rings is 1. The van der Waals surface area contributed by atoms with E-state index >= 15 is 0 Å². The van der Waals surface area contributed by atoms with Crippen LogP contribution >= 0.6 is 39.0 Å². The number of aryl methyl sites for hydroxylation is 1. The maximum Gasteiger partial charge on any atom is 0.234 e. The monoisotopic (exact) mass is 514 g/mol. The van der Waals surface area contributed by atoms with Crippen LogP contribution in [0.3, 0.4) is 0 Å².